The second-order valence-corrected chi connectivity index (χ2v) is 4.53. The van der Waals surface area contributed by atoms with Crippen LogP contribution in [0.3, 0.4) is 0 Å². The summed E-state index contributed by atoms with van der Waals surface area (Å²) in [6.07, 6.45) is 1.72. The molecule has 0 unspecified atom stereocenters. The lowest BCUT2D eigenvalue weighted by molar-refractivity contribution is -0.383. The molecule has 2 aromatic rings. The maximum atomic E-state index is 11.7. The van der Waals surface area contributed by atoms with Crippen LogP contribution in [-0.4, -0.2) is 15.3 Å². The van der Waals surface area contributed by atoms with Gasteiger partial charge in [0.1, 0.15) is 0 Å². The van der Waals surface area contributed by atoms with Crippen molar-refractivity contribution < 1.29 is 9.72 Å². The van der Waals surface area contributed by atoms with Crippen LogP contribution in [0.15, 0.2) is 30.5 Å². The van der Waals surface area contributed by atoms with Crippen molar-refractivity contribution in [3.63, 3.8) is 0 Å². The Morgan fingerprint density at radius 2 is 2.11 bits per heavy atom. The third kappa shape index (κ3) is 2.11. The zero-order valence-electron chi connectivity index (χ0n) is 10.3. The fraction of sp³-hybridized carbons (Fsp3) is 0.308. The summed E-state index contributed by atoms with van der Waals surface area (Å²) in [7, 11) is 0. The molecule has 0 fully saturated rings. The summed E-state index contributed by atoms with van der Waals surface area (Å²) in [5, 5.41) is 11.5. The molecule has 5 nitrogen and oxygen atoms in total. The van der Waals surface area contributed by atoms with Gasteiger partial charge in [-0.15, -0.1) is 0 Å². The number of fused-ring (bicyclic) bond motifs is 1. The molecule has 0 amide bonds. The number of nitro benzene ring substituents is 1. The Balaban J connectivity index is 2.46. The van der Waals surface area contributed by atoms with E-state index in [4.69, 9.17) is 0 Å². The molecule has 0 N–H and O–H groups in total. The van der Waals surface area contributed by atoms with Crippen molar-refractivity contribution >= 4 is 22.4 Å². The number of hydrogen-bond acceptors (Lipinski definition) is 3. The Kier molecular flexibility index (Phi) is 3.14. The van der Waals surface area contributed by atoms with E-state index < -0.39 is 4.92 Å². The summed E-state index contributed by atoms with van der Waals surface area (Å²) in [4.78, 5) is 22.2. The first-order chi connectivity index (χ1) is 8.50. The number of nitro groups is 1. The summed E-state index contributed by atoms with van der Waals surface area (Å²) >= 11 is 0. The largest absolute Gasteiger partial charge is 0.340 e. The maximum Gasteiger partial charge on any atom is 0.278 e. The van der Waals surface area contributed by atoms with E-state index >= 15 is 0 Å². The van der Waals surface area contributed by atoms with E-state index in [1.165, 1.54) is 6.07 Å². The quantitative estimate of drug-likeness (QED) is 0.615. The van der Waals surface area contributed by atoms with Crippen LogP contribution in [0.25, 0.3) is 10.9 Å². The van der Waals surface area contributed by atoms with Crippen molar-refractivity contribution in [3.05, 3.63) is 40.6 Å². The number of aromatic nitrogens is 1. The van der Waals surface area contributed by atoms with E-state index in [9.17, 15) is 14.9 Å². The van der Waals surface area contributed by atoms with Gasteiger partial charge < -0.3 is 4.57 Å². The second kappa shape index (κ2) is 4.60. The van der Waals surface area contributed by atoms with Gasteiger partial charge in [-0.2, -0.15) is 0 Å². The molecule has 0 aliphatic heterocycles. The second-order valence-electron chi connectivity index (χ2n) is 4.53. The predicted octanol–water partition coefficient (Wildman–Crippen LogP) is 2.77. The Morgan fingerprint density at radius 3 is 2.72 bits per heavy atom. The van der Waals surface area contributed by atoms with Gasteiger partial charge in [0.05, 0.1) is 22.4 Å². The van der Waals surface area contributed by atoms with Crippen LogP contribution in [0.2, 0.25) is 0 Å². The number of Topliss-reactive ketones (excluding diaryl/α,β-unsaturated/α-hetero) is 1. The molecule has 0 aliphatic carbocycles. The van der Waals surface area contributed by atoms with E-state index in [1.807, 2.05) is 13.8 Å². The maximum absolute atomic E-state index is 11.7. The third-order valence-corrected chi connectivity index (χ3v) is 2.96. The highest BCUT2D eigenvalue weighted by atomic mass is 16.6. The van der Waals surface area contributed by atoms with Crippen LogP contribution >= 0.6 is 0 Å². The minimum Gasteiger partial charge on any atom is -0.340 e. The Bertz CT molecular complexity index is 614. The van der Waals surface area contributed by atoms with Crippen LogP contribution in [0.4, 0.5) is 5.69 Å². The van der Waals surface area contributed by atoms with Gasteiger partial charge in [0.15, 0.2) is 5.78 Å². The van der Waals surface area contributed by atoms with Gasteiger partial charge in [0, 0.05) is 18.2 Å². The first-order valence-corrected chi connectivity index (χ1v) is 5.75. The van der Waals surface area contributed by atoms with E-state index in [1.54, 1.807) is 29.0 Å². The van der Waals surface area contributed by atoms with Gasteiger partial charge in [0.25, 0.3) is 5.69 Å². The number of nitrogens with zero attached hydrogens (tertiary/aromatic N) is 2. The molecule has 0 bridgehead atoms. The number of carbonyl (C=O) groups excluding carboxylic acids is 1. The van der Waals surface area contributed by atoms with E-state index in [2.05, 4.69) is 0 Å². The standard InChI is InChI=1S/C13H14N2O3/c1-9(2)13(16)8-14-7-6-10-11(14)4-3-5-12(10)15(17)18/h3-7,9H,8H2,1-2H3. The van der Waals surface area contributed by atoms with Crippen molar-refractivity contribution in [1.82, 2.24) is 4.57 Å². The zero-order chi connectivity index (χ0) is 13.3. The fourth-order valence-electron chi connectivity index (χ4n) is 1.85. The molecule has 0 atom stereocenters. The monoisotopic (exact) mass is 246 g/mol. The van der Waals surface area contributed by atoms with Crippen molar-refractivity contribution in [2.75, 3.05) is 0 Å². The lowest BCUT2D eigenvalue weighted by atomic mass is 10.1. The van der Waals surface area contributed by atoms with Crippen LogP contribution in [0.5, 0.6) is 0 Å². The van der Waals surface area contributed by atoms with Gasteiger partial charge in [0.2, 0.25) is 0 Å². The first kappa shape index (κ1) is 12.3. The highest BCUT2D eigenvalue weighted by Gasteiger charge is 2.15. The number of benzene rings is 1. The summed E-state index contributed by atoms with van der Waals surface area (Å²) in [6.45, 7) is 3.94. The molecule has 18 heavy (non-hydrogen) atoms. The molecular weight excluding hydrogens is 232 g/mol. The first-order valence-electron chi connectivity index (χ1n) is 5.75. The van der Waals surface area contributed by atoms with Gasteiger partial charge in [-0.3, -0.25) is 14.9 Å². The number of rotatable bonds is 4. The SMILES string of the molecule is CC(C)C(=O)Cn1ccc2c([N+](=O)[O-])cccc21. The lowest BCUT2D eigenvalue weighted by Crippen LogP contribution is -2.14. The lowest BCUT2D eigenvalue weighted by Gasteiger charge is -2.06. The summed E-state index contributed by atoms with van der Waals surface area (Å²) in [5.74, 6) is 0.0696. The van der Waals surface area contributed by atoms with E-state index in [0.29, 0.717) is 5.39 Å². The highest BCUT2D eigenvalue weighted by Crippen LogP contribution is 2.26. The summed E-state index contributed by atoms with van der Waals surface area (Å²) < 4.78 is 1.75. The van der Waals surface area contributed by atoms with E-state index in [-0.39, 0.29) is 23.9 Å². The molecule has 94 valence electrons. The average molecular weight is 246 g/mol. The van der Waals surface area contributed by atoms with Crippen LogP contribution in [-0.2, 0) is 11.3 Å². The Morgan fingerprint density at radius 1 is 1.39 bits per heavy atom. The van der Waals surface area contributed by atoms with Gasteiger partial charge >= 0.3 is 0 Å². The molecule has 0 radical (unpaired) electrons. The normalized spacial score (nSPS) is 11.1. The Labute approximate surface area is 104 Å². The van der Waals surface area contributed by atoms with Gasteiger partial charge in [-0.1, -0.05) is 19.9 Å². The highest BCUT2D eigenvalue weighted by molar-refractivity contribution is 5.90. The molecule has 0 spiro atoms. The number of non-ortho nitro benzene ring substituents is 1. The topological polar surface area (TPSA) is 65.1 Å². The van der Waals surface area contributed by atoms with Crippen LogP contribution in [0, 0.1) is 16.0 Å². The van der Waals surface area contributed by atoms with Crippen LogP contribution < -0.4 is 0 Å². The van der Waals surface area contributed by atoms with Crippen molar-refractivity contribution in [2.24, 2.45) is 5.92 Å². The minimum atomic E-state index is -0.406. The molecule has 5 heteroatoms. The smallest absolute Gasteiger partial charge is 0.278 e. The van der Waals surface area contributed by atoms with Crippen molar-refractivity contribution in [1.29, 1.82) is 0 Å². The van der Waals surface area contributed by atoms with E-state index in [0.717, 1.165) is 5.52 Å². The van der Waals surface area contributed by atoms with Gasteiger partial charge in [-0.05, 0) is 12.1 Å². The molecular formula is C13H14N2O3. The molecule has 0 saturated heterocycles. The number of ketones is 1. The fourth-order valence-corrected chi connectivity index (χ4v) is 1.85. The van der Waals surface area contributed by atoms with Gasteiger partial charge in [-0.25, -0.2) is 0 Å². The third-order valence-electron chi connectivity index (χ3n) is 2.96. The predicted molar refractivity (Wildman–Crippen MR) is 68.4 cm³/mol. The summed E-state index contributed by atoms with van der Waals surface area (Å²) in [6, 6.07) is 6.57. The summed E-state index contributed by atoms with van der Waals surface area (Å²) in [5.41, 5.74) is 0.793. The molecule has 0 aliphatic rings. The minimum absolute atomic E-state index is 0.0406. The average Bonchev–Trinajstić information content (AvgIpc) is 2.72. The van der Waals surface area contributed by atoms with Crippen molar-refractivity contribution in [2.45, 2.75) is 20.4 Å². The molecule has 2 rings (SSSR count). The number of hydrogen-bond donors (Lipinski definition) is 0. The molecule has 1 heterocycles. The van der Waals surface area contributed by atoms with Crippen LogP contribution in [0.1, 0.15) is 13.8 Å². The molecule has 0 saturated carbocycles. The van der Waals surface area contributed by atoms with Crippen molar-refractivity contribution in [3.8, 4) is 0 Å². The zero-order valence-corrected chi connectivity index (χ0v) is 10.3. The molecule has 1 aromatic heterocycles. The Hall–Kier alpha value is -2.17. The molecule has 1 aromatic carbocycles. The number of carbonyl (C=O) groups is 1.